The zero-order chi connectivity index (χ0) is 24.7. The first-order valence-electron chi connectivity index (χ1n) is 12.7. The quantitative estimate of drug-likeness (QED) is 0.467. The van der Waals surface area contributed by atoms with Crippen molar-refractivity contribution >= 4 is 17.6 Å². The Labute approximate surface area is 212 Å². The number of fused-ring (bicyclic) bond motifs is 2. The number of amides is 2. The summed E-state index contributed by atoms with van der Waals surface area (Å²) >= 11 is 0. The minimum atomic E-state index is -0.710. The normalized spacial score (nSPS) is 17.2. The molecule has 7 nitrogen and oxygen atoms in total. The van der Waals surface area contributed by atoms with Gasteiger partial charge >= 0.3 is 0 Å². The molecule has 186 valence electrons. The molecule has 0 unspecified atom stereocenters. The van der Waals surface area contributed by atoms with E-state index in [0.29, 0.717) is 37.5 Å². The highest BCUT2D eigenvalue weighted by atomic mass is 16.5. The third kappa shape index (κ3) is 5.57. The molecule has 2 aliphatic rings. The SMILES string of the molecule is O=C(CCCN1C(=O)[C@H](c2ccccc2)Oc2cccnc21)NCCCN1CCc2ccccc2C1. The summed E-state index contributed by atoms with van der Waals surface area (Å²) in [6, 6.07) is 21.7. The Morgan fingerprint density at radius 3 is 2.64 bits per heavy atom. The van der Waals surface area contributed by atoms with E-state index in [1.807, 2.05) is 36.4 Å². The van der Waals surface area contributed by atoms with E-state index in [2.05, 4.69) is 39.5 Å². The van der Waals surface area contributed by atoms with Crippen LogP contribution in [0.5, 0.6) is 5.75 Å². The van der Waals surface area contributed by atoms with Crippen LogP contribution in [0.25, 0.3) is 0 Å². The van der Waals surface area contributed by atoms with Crippen LogP contribution in [0.2, 0.25) is 0 Å². The average molecular weight is 485 g/mol. The van der Waals surface area contributed by atoms with Crippen LogP contribution in [0, 0.1) is 0 Å². The van der Waals surface area contributed by atoms with Gasteiger partial charge in [-0.2, -0.15) is 0 Å². The van der Waals surface area contributed by atoms with Crippen molar-refractivity contribution < 1.29 is 14.3 Å². The highest BCUT2D eigenvalue weighted by Crippen LogP contribution is 2.37. The Morgan fingerprint density at radius 1 is 0.972 bits per heavy atom. The molecule has 0 bridgehead atoms. The summed E-state index contributed by atoms with van der Waals surface area (Å²) in [5.41, 5.74) is 3.67. The van der Waals surface area contributed by atoms with Gasteiger partial charge in [0.25, 0.3) is 5.91 Å². The number of hydrogen-bond acceptors (Lipinski definition) is 5. The molecule has 3 aromatic rings. The van der Waals surface area contributed by atoms with Crippen LogP contribution in [-0.4, -0.2) is 47.9 Å². The number of aromatic nitrogens is 1. The van der Waals surface area contributed by atoms with Crippen molar-refractivity contribution in [1.82, 2.24) is 15.2 Å². The summed E-state index contributed by atoms with van der Waals surface area (Å²) in [6.45, 7) is 4.10. The predicted octanol–water partition coefficient (Wildman–Crippen LogP) is 3.89. The first-order valence-corrected chi connectivity index (χ1v) is 12.7. The fourth-order valence-corrected chi connectivity index (χ4v) is 4.92. The maximum Gasteiger partial charge on any atom is 0.274 e. The minimum absolute atomic E-state index is 0.0144. The van der Waals surface area contributed by atoms with Gasteiger partial charge in [0.15, 0.2) is 11.6 Å². The van der Waals surface area contributed by atoms with E-state index in [0.717, 1.165) is 38.0 Å². The maximum absolute atomic E-state index is 13.3. The molecule has 1 atom stereocenters. The molecule has 0 fully saturated rings. The Bertz CT molecular complexity index is 1200. The third-order valence-corrected chi connectivity index (χ3v) is 6.81. The lowest BCUT2D eigenvalue weighted by Crippen LogP contribution is -2.42. The van der Waals surface area contributed by atoms with Crippen molar-refractivity contribution in [3.05, 3.63) is 89.6 Å². The van der Waals surface area contributed by atoms with E-state index in [1.54, 1.807) is 17.2 Å². The summed E-state index contributed by atoms with van der Waals surface area (Å²) in [7, 11) is 0. The number of benzene rings is 2. The Balaban J connectivity index is 1.08. The highest BCUT2D eigenvalue weighted by Gasteiger charge is 2.36. The molecular formula is C29H32N4O3. The molecule has 36 heavy (non-hydrogen) atoms. The number of nitrogens with one attached hydrogen (secondary N) is 1. The number of carbonyl (C=O) groups is 2. The summed E-state index contributed by atoms with van der Waals surface area (Å²) in [5, 5.41) is 3.03. The van der Waals surface area contributed by atoms with Gasteiger partial charge in [-0.05, 0) is 42.5 Å². The fraction of sp³-hybridized carbons (Fsp3) is 0.345. The molecule has 5 rings (SSSR count). The first-order chi connectivity index (χ1) is 17.7. The van der Waals surface area contributed by atoms with Crippen molar-refractivity contribution in [2.24, 2.45) is 0 Å². The Hall–Kier alpha value is -3.71. The van der Waals surface area contributed by atoms with Gasteiger partial charge < -0.3 is 10.1 Å². The predicted molar refractivity (Wildman–Crippen MR) is 139 cm³/mol. The molecule has 0 radical (unpaired) electrons. The topological polar surface area (TPSA) is 74.8 Å². The van der Waals surface area contributed by atoms with E-state index in [-0.39, 0.29) is 11.8 Å². The molecule has 2 aliphatic heterocycles. The van der Waals surface area contributed by atoms with Crippen molar-refractivity contribution in [3.8, 4) is 5.75 Å². The van der Waals surface area contributed by atoms with Crippen LogP contribution >= 0.6 is 0 Å². The van der Waals surface area contributed by atoms with Crippen LogP contribution in [-0.2, 0) is 22.6 Å². The van der Waals surface area contributed by atoms with E-state index in [4.69, 9.17) is 4.74 Å². The lowest BCUT2D eigenvalue weighted by Gasteiger charge is -2.33. The number of carbonyl (C=O) groups excluding carboxylic acids is 2. The highest BCUT2D eigenvalue weighted by molar-refractivity contribution is 5.99. The van der Waals surface area contributed by atoms with Gasteiger partial charge in [-0.25, -0.2) is 4.98 Å². The Morgan fingerprint density at radius 2 is 1.78 bits per heavy atom. The van der Waals surface area contributed by atoms with Crippen LogP contribution < -0.4 is 15.0 Å². The van der Waals surface area contributed by atoms with Gasteiger partial charge in [-0.1, -0.05) is 54.6 Å². The van der Waals surface area contributed by atoms with Gasteiger partial charge in [0.1, 0.15) is 0 Å². The molecule has 0 spiro atoms. The van der Waals surface area contributed by atoms with Crippen LogP contribution in [0.1, 0.15) is 42.1 Å². The smallest absolute Gasteiger partial charge is 0.274 e. The molecule has 3 heterocycles. The minimum Gasteiger partial charge on any atom is -0.472 e. The molecule has 2 amide bonds. The van der Waals surface area contributed by atoms with Crippen molar-refractivity contribution in [3.63, 3.8) is 0 Å². The van der Waals surface area contributed by atoms with E-state index < -0.39 is 6.10 Å². The number of anilines is 1. The van der Waals surface area contributed by atoms with Crippen LogP contribution in [0.15, 0.2) is 72.9 Å². The summed E-state index contributed by atoms with van der Waals surface area (Å²) in [6.07, 6.45) is 3.87. The average Bonchev–Trinajstić information content (AvgIpc) is 2.92. The van der Waals surface area contributed by atoms with Crippen molar-refractivity contribution in [2.75, 3.05) is 31.1 Å². The molecule has 0 saturated carbocycles. The van der Waals surface area contributed by atoms with Gasteiger partial charge in [0.2, 0.25) is 12.0 Å². The standard InChI is InChI=1S/C29H32N4O3/c34-26(30-17-8-18-32-20-15-22-9-4-5-12-24(22)21-32)14-7-19-33-28-25(13-6-16-31-28)36-27(29(33)35)23-10-2-1-3-11-23/h1-6,9-13,16,27H,7-8,14-15,17-21H2,(H,30,34)/t27-/m0/s1. The third-order valence-electron chi connectivity index (χ3n) is 6.81. The second-order valence-electron chi connectivity index (χ2n) is 9.33. The Kier molecular flexibility index (Phi) is 7.57. The summed E-state index contributed by atoms with van der Waals surface area (Å²) in [4.78, 5) is 34.2. The second-order valence-corrected chi connectivity index (χ2v) is 9.33. The zero-order valence-corrected chi connectivity index (χ0v) is 20.4. The summed E-state index contributed by atoms with van der Waals surface area (Å²) < 4.78 is 5.99. The van der Waals surface area contributed by atoms with Gasteiger partial charge in [-0.3, -0.25) is 19.4 Å². The van der Waals surface area contributed by atoms with Gasteiger partial charge in [-0.15, -0.1) is 0 Å². The molecular weight excluding hydrogens is 452 g/mol. The van der Waals surface area contributed by atoms with Crippen LogP contribution in [0.3, 0.4) is 0 Å². The molecule has 1 N–H and O–H groups in total. The van der Waals surface area contributed by atoms with Gasteiger partial charge in [0.05, 0.1) is 0 Å². The second kappa shape index (κ2) is 11.4. The lowest BCUT2D eigenvalue weighted by atomic mass is 10.00. The van der Waals surface area contributed by atoms with Gasteiger partial charge in [0, 0.05) is 50.9 Å². The van der Waals surface area contributed by atoms with E-state index >= 15 is 0 Å². The van der Waals surface area contributed by atoms with E-state index in [1.165, 1.54) is 11.1 Å². The largest absolute Gasteiger partial charge is 0.472 e. The molecule has 7 heteroatoms. The maximum atomic E-state index is 13.3. The number of hydrogen-bond donors (Lipinski definition) is 1. The van der Waals surface area contributed by atoms with Crippen molar-refractivity contribution in [1.29, 1.82) is 0 Å². The first kappa shape index (κ1) is 24.0. The number of rotatable bonds is 9. The number of nitrogens with zero attached hydrogens (tertiary/aromatic N) is 3. The molecule has 1 aromatic heterocycles. The zero-order valence-electron chi connectivity index (χ0n) is 20.4. The molecule has 0 aliphatic carbocycles. The number of pyridine rings is 1. The van der Waals surface area contributed by atoms with Crippen LogP contribution in [0.4, 0.5) is 5.82 Å². The van der Waals surface area contributed by atoms with E-state index in [9.17, 15) is 9.59 Å². The lowest BCUT2D eigenvalue weighted by molar-refractivity contribution is -0.127. The fourth-order valence-electron chi connectivity index (χ4n) is 4.92. The monoisotopic (exact) mass is 484 g/mol. The summed E-state index contributed by atoms with van der Waals surface area (Å²) in [5.74, 6) is 0.949. The van der Waals surface area contributed by atoms with Crippen molar-refractivity contribution in [2.45, 2.75) is 38.3 Å². The molecule has 2 aromatic carbocycles. The molecule has 0 saturated heterocycles. The number of ether oxygens (including phenoxy) is 1.